The van der Waals surface area contributed by atoms with Gasteiger partial charge in [-0.25, -0.2) is 0 Å². The van der Waals surface area contributed by atoms with E-state index in [1.54, 1.807) is 14.2 Å². The minimum atomic E-state index is 0.228. The van der Waals surface area contributed by atoms with E-state index in [9.17, 15) is 0 Å². The summed E-state index contributed by atoms with van der Waals surface area (Å²) in [5.41, 5.74) is 3.50. The summed E-state index contributed by atoms with van der Waals surface area (Å²) in [6.45, 7) is 4.02. The zero-order chi connectivity index (χ0) is 15.5. The summed E-state index contributed by atoms with van der Waals surface area (Å²) in [6, 6.07) is 14.8. The van der Waals surface area contributed by atoms with Crippen molar-refractivity contribution in [2.45, 2.75) is 18.4 Å². The van der Waals surface area contributed by atoms with Gasteiger partial charge >= 0.3 is 0 Å². The average molecular weight is 295 g/mol. The first-order chi connectivity index (χ1) is 10.8. The zero-order valence-electron chi connectivity index (χ0n) is 13.0. The van der Waals surface area contributed by atoms with Gasteiger partial charge in [0.2, 0.25) is 0 Å². The lowest BCUT2D eigenvalue weighted by Gasteiger charge is -2.33. The normalized spacial score (nSPS) is 19.7. The number of methoxy groups -OCH3 is 2. The van der Waals surface area contributed by atoms with Gasteiger partial charge in [0.05, 0.1) is 20.3 Å². The molecule has 22 heavy (non-hydrogen) atoms. The topological polar surface area (TPSA) is 30.5 Å². The van der Waals surface area contributed by atoms with Gasteiger partial charge < -0.3 is 14.8 Å². The van der Waals surface area contributed by atoms with Crippen LogP contribution < -0.4 is 14.8 Å². The zero-order valence-corrected chi connectivity index (χ0v) is 13.0. The second-order valence-corrected chi connectivity index (χ2v) is 5.45. The van der Waals surface area contributed by atoms with Crippen molar-refractivity contribution in [3.63, 3.8) is 0 Å². The highest BCUT2D eigenvalue weighted by Crippen LogP contribution is 2.48. The van der Waals surface area contributed by atoms with Crippen LogP contribution in [0.3, 0.4) is 0 Å². The number of rotatable bonds is 4. The minimum absolute atomic E-state index is 0.228. The maximum atomic E-state index is 5.59. The first-order valence-electron chi connectivity index (χ1n) is 7.47. The quantitative estimate of drug-likeness (QED) is 0.841. The second kappa shape index (κ2) is 6.14. The van der Waals surface area contributed by atoms with Crippen LogP contribution in [0, 0.1) is 0 Å². The van der Waals surface area contributed by atoms with Crippen LogP contribution in [0.5, 0.6) is 11.5 Å². The highest BCUT2D eigenvalue weighted by atomic mass is 16.5. The second-order valence-electron chi connectivity index (χ2n) is 5.45. The lowest BCUT2D eigenvalue weighted by Crippen LogP contribution is -2.21. The molecule has 0 amide bonds. The number of benzene rings is 2. The van der Waals surface area contributed by atoms with Crippen molar-refractivity contribution in [2.24, 2.45) is 0 Å². The maximum absolute atomic E-state index is 5.59. The van der Waals surface area contributed by atoms with Crippen LogP contribution in [0.1, 0.15) is 29.5 Å². The predicted molar refractivity (Wildman–Crippen MR) is 89.9 cm³/mol. The predicted octanol–water partition coefficient (Wildman–Crippen LogP) is 4.53. The first kappa shape index (κ1) is 14.5. The number of nitrogens with one attached hydrogen (secondary N) is 1. The number of anilines is 1. The third-order valence-corrected chi connectivity index (χ3v) is 4.26. The SMILES string of the molecule is C=C[C@H]1C[C@@H](c2ccccc2)Nc2ccc(OC)c(OC)c21. The number of hydrogen-bond donors (Lipinski definition) is 1. The van der Waals surface area contributed by atoms with E-state index in [2.05, 4.69) is 42.2 Å². The van der Waals surface area contributed by atoms with Crippen LogP contribution in [-0.2, 0) is 0 Å². The Balaban J connectivity index is 2.05. The van der Waals surface area contributed by atoms with E-state index in [1.165, 1.54) is 5.56 Å². The van der Waals surface area contributed by atoms with Gasteiger partial charge in [-0.3, -0.25) is 0 Å². The molecule has 0 aliphatic carbocycles. The summed E-state index contributed by atoms with van der Waals surface area (Å²) in [6.07, 6.45) is 2.95. The largest absolute Gasteiger partial charge is 0.493 e. The molecule has 114 valence electrons. The molecule has 3 heteroatoms. The van der Waals surface area contributed by atoms with Crippen molar-refractivity contribution in [1.82, 2.24) is 0 Å². The fraction of sp³-hybridized carbons (Fsp3) is 0.263. The van der Waals surface area contributed by atoms with Gasteiger partial charge in [-0.1, -0.05) is 36.4 Å². The van der Waals surface area contributed by atoms with Crippen LogP contribution in [-0.4, -0.2) is 14.2 Å². The molecule has 0 aromatic heterocycles. The molecule has 0 saturated heterocycles. The first-order valence-corrected chi connectivity index (χ1v) is 7.47. The summed E-state index contributed by atoms with van der Waals surface area (Å²) in [5.74, 6) is 1.78. The summed E-state index contributed by atoms with van der Waals surface area (Å²) in [7, 11) is 3.34. The summed E-state index contributed by atoms with van der Waals surface area (Å²) >= 11 is 0. The number of fused-ring (bicyclic) bond motifs is 1. The third-order valence-electron chi connectivity index (χ3n) is 4.26. The van der Waals surface area contributed by atoms with E-state index < -0.39 is 0 Å². The van der Waals surface area contributed by atoms with E-state index in [-0.39, 0.29) is 12.0 Å². The minimum Gasteiger partial charge on any atom is -0.493 e. The summed E-state index contributed by atoms with van der Waals surface area (Å²) in [4.78, 5) is 0. The van der Waals surface area contributed by atoms with Gasteiger partial charge in [-0.05, 0) is 24.1 Å². The average Bonchev–Trinajstić information content (AvgIpc) is 2.60. The van der Waals surface area contributed by atoms with Crippen molar-refractivity contribution in [2.75, 3.05) is 19.5 Å². The van der Waals surface area contributed by atoms with Crippen LogP contribution in [0.15, 0.2) is 55.1 Å². The maximum Gasteiger partial charge on any atom is 0.166 e. The molecule has 1 aliphatic rings. The Kier molecular flexibility index (Phi) is 4.05. The molecule has 0 saturated carbocycles. The van der Waals surface area contributed by atoms with E-state index in [0.29, 0.717) is 0 Å². The van der Waals surface area contributed by atoms with Crippen molar-refractivity contribution in [3.8, 4) is 11.5 Å². The monoisotopic (exact) mass is 295 g/mol. The Morgan fingerprint density at radius 1 is 1.09 bits per heavy atom. The molecule has 2 aromatic rings. The van der Waals surface area contributed by atoms with Gasteiger partial charge in [0, 0.05) is 17.2 Å². The van der Waals surface area contributed by atoms with Crippen molar-refractivity contribution in [1.29, 1.82) is 0 Å². The Labute approximate surface area is 131 Å². The van der Waals surface area contributed by atoms with Crippen molar-refractivity contribution >= 4 is 5.69 Å². The Bertz CT molecular complexity index is 667. The van der Waals surface area contributed by atoms with Crippen molar-refractivity contribution < 1.29 is 9.47 Å². The highest BCUT2D eigenvalue weighted by Gasteiger charge is 2.30. The molecular formula is C19H21NO2. The van der Waals surface area contributed by atoms with Crippen LogP contribution >= 0.6 is 0 Å². The lowest BCUT2D eigenvalue weighted by molar-refractivity contribution is 0.349. The molecule has 2 atom stereocenters. The van der Waals surface area contributed by atoms with Crippen LogP contribution in [0.25, 0.3) is 0 Å². The molecular weight excluding hydrogens is 274 g/mol. The van der Waals surface area contributed by atoms with Crippen molar-refractivity contribution in [3.05, 3.63) is 66.2 Å². The van der Waals surface area contributed by atoms with Gasteiger partial charge in [0.15, 0.2) is 11.5 Å². The number of allylic oxidation sites excluding steroid dienone is 1. The lowest BCUT2D eigenvalue weighted by atomic mass is 9.84. The number of hydrogen-bond acceptors (Lipinski definition) is 3. The fourth-order valence-corrected chi connectivity index (χ4v) is 3.18. The molecule has 0 bridgehead atoms. The highest BCUT2D eigenvalue weighted by molar-refractivity contribution is 5.67. The molecule has 3 rings (SSSR count). The molecule has 1 N–H and O–H groups in total. The van der Waals surface area contributed by atoms with E-state index >= 15 is 0 Å². The molecule has 0 spiro atoms. The van der Waals surface area contributed by atoms with Gasteiger partial charge in [0.25, 0.3) is 0 Å². The standard InChI is InChI=1S/C19H21NO2/c1-4-13-12-16(14-8-6-5-7-9-14)20-15-10-11-17(21-2)19(22-3)18(13)15/h4-11,13,16,20H,1,12H2,2-3H3/t13-,16-/m0/s1. The van der Waals surface area contributed by atoms with E-state index in [4.69, 9.17) is 9.47 Å². The Morgan fingerprint density at radius 3 is 2.50 bits per heavy atom. The third kappa shape index (κ3) is 2.43. The molecule has 1 aliphatic heterocycles. The summed E-state index contributed by atoms with van der Waals surface area (Å²) < 4.78 is 11.0. The molecule has 3 nitrogen and oxygen atoms in total. The Morgan fingerprint density at radius 2 is 1.86 bits per heavy atom. The van der Waals surface area contributed by atoms with Crippen LogP contribution in [0.2, 0.25) is 0 Å². The number of ether oxygens (including phenoxy) is 2. The van der Waals surface area contributed by atoms with E-state index in [0.717, 1.165) is 29.2 Å². The smallest absolute Gasteiger partial charge is 0.166 e. The Hall–Kier alpha value is -2.42. The van der Waals surface area contributed by atoms with E-state index in [1.807, 2.05) is 18.2 Å². The van der Waals surface area contributed by atoms with Crippen LogP contribution in [0.4, 0.5) is 5.69 Å². The molecule has 1 heterocycles. The van der Waals surface area contributed by atoms with Gasteiger partial charge in [-0.2, -0.15) is 0 Å². The van der Waals surface area contributed by atoms with Gasteiger partial charge in [-0.15, -0.1) is 6.58 Å². The molecule has 0 radical (unpaired) electrons. The molecule has 2 aromatic carbocycles. The van der Waals surface area contributed by atoms with Gasteiger partial charge in [0.1, 0.15) is 0 Å². The molecule has 0 fully saturated rings. The summed E-state index contributed by atoms with van der Waals surface area (Å²) in [5, 5.41) is 3.62. The molecule has 0 unspecified atom stereocenters. The fourth-order valence-electron chi connectivity index (χ4n) is 3.18.